The molecule has 0 bridgehead atoms. The van der Waals surface area contributed by atoms with Crippen LogP contribution in [0.15, 0.2) is 57.9 Å². The van der Waals surface area contributed by atoms with Crippen molar-refractivity contribution in [3.05, 3.63) is 53.0 Å². The summed E-state index contributed by atoms with van der Waals surface area (Å²) in [5, 5.41) is 2.83. The van der Waals surface area contributed by atoms with Gasteiger partial charge < -0.3 is 15.0 Å². The van der Waals surface area contributed by atoms with Crippen molar-refractivity contribution in [3.8, 4) is 5.75 Å². The second kappa shape index (κ2) is 9.48. The molecule has 2 amide bonds. The van der Waals surface area contributed by atoms with E-state index in [0.717, 1.165) is 15.1 Å². The zero-order chi connectivity index (χ0) is 18.2. The third-order valence-electron chi connectivity index (χ3n) is 3.38. The molecule has 0 heterocycles. The summed E-state index contributed by atoms with van der Waals surface area (Å²) in [5.41, 5.74) is 0.741. The fourth-order valence-electron chi connectivity index (χ4n) is 2.05. The van der Waals surface area contributed by atoms with Crippen molar-refractivity contribution in [2.75, 3.05) is 31.8 Å². The Hall–Kier alpha value is -1.99. The third-order valence-corrected chi connectivity index (χ3v) is 4.83. The lowest BCUT2D eigenvalue weighted by atomic mass is 10.3. The van der Waals surface area contributed by atoms with Gasteiger partial charge in [-0.15, -0.1) is 11.8 Å². The van der Waals surface area contributed by atoms with Gasteiger partial charge in [0, 0.05) is 11.9 Å². The van der Waals surface area contributed by atoms with Gasteiger partial charge in [-0.1, -0.05) is 24.3 Å². The van der Waals surface area contributed by atoms with E-state index >= 15 is 0 Å². The molecule has 0 aromatic heterocycles. The van der Waals surface area contributed by atoms with E-state index < -0.39 is 0 Å². The molecule has 2 rings (SSSR count). The molecule has 0 saturated carbocycles. The molecule has 1 N–H and O–H groups in total. The maximum Gasteiger partial charge on any atom is 0.260 e. The zero-order valence-corrected chi connectivity index (χ0v) is 16.4. The van der Waals surface area contributed by atoms with Crippen molar-refractivity contribution in [2.24, 2.45) is 0 Å². The number of hydrogen-bond acceptors (Lipinski definition) is 4. The number of hydrogen-bond donors (Lipinski definition) is 1. The molecule has 132 valence electrons. The molecule has 0 aliphatic carbocycles. The number of amides is 2. The first-order chi connectivity index (χ1) is 12.0. The summed E-state index contributed by atoms with van der Waals surface area (Å²) in [5.74, 6) is 0.0601. The smallest absolute Gasteiger partial charge is 0.260 e. The van der Waals surface area contributed by atoms with Gasteiger partial charge in [0.1, 0.15) is 5.75 Å². The van der Waals surface area contributed by atoms with E-state index in [-0.39, 0.29) is 25.0 Å². The SMILES string of the molecule is CSc1ccccc1NC(=O)CN(C)C(=O)COc1ccccc1Br. The topological polar surface area (TPSA) is 58.6 Å². The predicted octanol–water partition coefficient (Wildman–Crippen LogP) is 3.65. The minimum absolute atomic E-state index is 0.0408. The number of nitrogens with zero attached hydrogens (tertiary/aromatic N) is 1. The number of nitrogens with one attached hydrogen (secondary N) is 1. The van der Waals surface area contributed by atoms with Gasteiger partial charge in [-0.3, -0.25) is 9.59 Å². The van der Waals surface area contributed by atoms with Crippen LogP contribution in [0.25, 0.3) is 0 Å². The van der Waals surface area contributed by atoms with E-state index in [1.165, 1.54) is 4.90 Å². The first-order valence-electron chi connectivity index (χ1n) is 7.55. The van der Waals surface area contributed by atoms with Crippen LogP contribution in [0.2, 0.25) is 0 Å². The van der Waals surface area contributed by atoms with E-state index in [1.807, 2.05) is 48.7 Å². The second-order valence-corrected chi connectivity index (χ2v) is 6.92. The van der Waals surface area contributed by atoms with Crippen molar-refractivity contribution >= 4 is 45.2 Å². The summed E-state index contributed by atoms with van der Waals surface area (Å²) in [7, 11) is 1.58. The van der Waals surface area contributed by atoms with E-state index in [0.29, 0.717) is 5.75 Å². The Bertz CT molecular complexity index is 755. The van der Waals surface area contributed by atoms with Crippen molar-refractivity contribution in [1.29, 1.82) is 0 Å². The van der Waals surface area contributed by atoms with Gasteiger partial charge >= 0.3 is 0 Å². The quantitative estimate of drug-likeness (QED) is 0.691. The normalized spacial score (nSPS) is 10.2. The Morgan fingerprint density at radius 3 is 2.56 bits per heavy atom. The third kappa shape index (κ3) is 5.79. The van der Waals surface area contributed by atoms with Gasteiger partial charge in [0.15, 0.2) is 6.61 Å². The summed E-state index contributed by atoms with van der Waals surface area (Å²) in [4.78, 5) is 26.6. The summed E-state index contributed by atoms with van der Waals surface area (Å²) in [6.45, 7) is -0.172. The molecular weight excluding hydrogens is 404 g/mol. The van der Waals surface area contributed by atoms with Gasteiger partial charge in [-0.2, -0.15) is 0 Å². The van der Waals surface area contributed by atoms with Crippen molar-refractivity contribution < 1.29 is 14.3 Å². The van der Waals surface area contributed by atoms with Gasteiger partial charge in [0.05, 0.1) is 16.7 Å². The number of benzene rings is 2. The van der Waals surface area contributed by atoms with Gasteiger partial charge in [-0.05, 0) is 46.5 Å². The highest BCUT2D eigenvalue weighted by Crippen LogP contribution is 2.25. The van der Waals surface area contributed by atoms with Crippen molar-refractivity contribution in [3.63, 3.8) is 0 Å². The van der Waals surface area contributed by atoms with Crippen LogP contribution < -0.4 is 10.1 Å². The molecule has 0 saturated heterocycles. The predicted molar refractivity (Wildman–Crippen MR) is 104 cm³/mol. The average Bonchev–Trinajstić information content (AvgIpc) is 2.61. The van der Waals surface area contributed by atoms with Crippen LogP contribution in [0.4, 0.5) is 5.69 Å². The molecule has 2 aromatic rings. The lowest BCUT2D eigenvalue weighted by Gasteiger charge is -2.18. The molecule has 0 fully saturated rings. The minimum atomic E-state index is -0.274. The first-order valence-corrected chi connectivity index (χ1v) is 9.57. The molecule has 0 radical (unpaired) electrons. The van der Waals surface area contributed by atoms with E-state index in [2.05, 4.69) is 21.2 Å². The van der Waals surface area contributed by atoms with Crippen molar-refractivity contribution in [2.45, 2.75) is 4.90 Å². The molecule has 0 unspecified atom stereocenters. The molecule has 5 nitrogen and oxygen atoms in total. The number of carbonyl (C=O) groups excluding carboxylic acids is 2. The molecular formula is C18H19BrN2O3S. The molecule has 0 aliphatic heterocycles. The number of halogens is 1. The molecule has 0 atom stereocenters. The second-order valence-electron chi connectivity index (χ2n) is 5.22. The van der Waals surface area contributed by atoms with E-state index in [4.69, 9.17) is 4.74 Å². The summed E-state index contributed by atoms with van der Waals surface area (Å²) < 4.78 is 6.26. The maximum atomic E-state index is 12.2. The van der Waals surface area contributed by atoms with E-state index in [9.17, 15) is 9.59 Å². The lowest BCUT2D eigenvalue weighted by Crippen LogP contribution is -2.37. The highest BCUT2D eigenvalue weighted by molar-refractivity contribution is 9.10. The standard InChI is InChI=1S/C18H19BrN2O3S/c1-21(18(23)12-24-15-9-5-3-7-13(15)19)11-17(22)20-14-8-4-6-10-16(14)25-2/h3-10H,11-12H2,1-2H3,(H,20,22). The molecule has 25 heavy (non-hydrogen) atoms. The zero-order valence-electron chi connectivity index (χ0n) is 14.0. The van der Waals surface area contributed by atoms with Crippen LogP contribution in [0.3, 0.4) is 0 Å². The Morgan fingerprint density at radius 2 is 1.84 bits per heavy atom. The highest BCUT2D eigenvalue weighted by Gasteiger charge is 2.15. The van der Waals surface area contributed by atoms with E-state index in [1.54, 1.807) is 24.9 Å². The minimum Gasteiger partial charge on any atom is -0.483 e. The van der Waals surface area contributed by atoms with Crippen LogP contribution in [0, 0.1) is 0 Å². The number of rotatable bonds is 7. The van der Waals surface area contributed by atoms with Crippen LogP contribution in [-0.4, -0.2) is 43.2 Å². The molecule has 0 spiro atoms. The number of carbonyl (C=O) groups is 2. The van der Waals surface area contributed by atoms with Crippen molar-refractivity contribution in [1.82, 2.24) is 4.90 Å². The Balaban J connectivity index is 1.86. The molecule has 0 aliphatic rings. The number of thioether (sulfide) groups is 1. The summed E-state index contributed by atoms with van der Waals surface area (Å²) in [6.07, 6.45) is 1.94. The van der Waals surface area contributed by atoms with Crippen LogP contribution >= 0.6 is 27.7 Å². The van der Waals surface area contributed by atoms with Gasteiger partial charge in [0.25, 0.3) is 5.91 Å². The monoisotopic (exact) mass is 422 g/mol. The van der Waals surface area contributed by atoms with Crippen LogP contribution in [-0.2, 0) is 9.59 Å². The number of ether oxygens (including phenoxy) is 1. The Kier molecular flexibility index (Phi) is 7.33. The fraction of sp³-hybridized carbons (Fsp3) is 0.222. The van der Waals surface area contributed by atoms with Gasteiger partial charge in [0.2, 0.25) is 5.91 Å². The van der Waals surface area contributed by atoms with Crippen LogP contribution in [0.5, 0.6) is 5.75 Å². The Labute approximate surface area is 159 Å². The maximum absolute atomic E-state index is 12.2. The number of likely N-dealkylation sites (N-methyl/N-ethyl adjacent to an activating group) is 1. The highest BCUT2D eigenvalue weighted by atomic mass is 79.9. The fourth-order valence-corrected chi connectivity index (χ4v) is 3.01. The van der Waals surface area contributed by atoms with Crippen LogP contribution in [0.1, 0.15) is 0 Å². The lowest BCUT2D eigenvalue weighted by molar-refractivity contribution is -0.135. The number of anilines is 1. The average molecular weight is 423 g/mol. The molecule has 7 heteroatoms. The number of para-hydroxylation sites is 2. The summed E-state index contributed by atoms with van der Waals surface area (Å²) >= 11 is 4.91. The first kappa shape index (κ1) is 19.3. The summed E-state index contributed by atoms with van der Waals surface area (Å²) in [6, 6.07) is 14.8. The molecule has 2 aromatic carbocycles. The van der Waals surface area contributed by atoms with Gasteiger partial charge in [-0.25, -0.2) is 0 Å². The largest absolute Gasteiger partial charge is 0.483 e. The Morgan fingerprint density at radius 1 is 1.16 bits per heavy atom.